The number of carbonyl (C=O) groups excluding carboxylic acids is 2. The molecule has 0 fully saturated rings. The van der Waals surface area contributed by atoms with Crippen molar-refractivity contribution in [3.05, 3.63) is 109 Å². The second-order valence-corrected chi connectivity index (χ2v) is 10.8. The number of benzene rings is 3. The van der Waals surface area contributed by atoms with Gasteiger partial charge in [-0.15, -0.1) is 0 Å². The summed E-state index contributed by atoms with van der Waals surface area (Å²) < 4.78 is 4.40. The molecule has 184 valence electrons. The molecule has 0 bridgehead atoms. The van der Waals surface area contributed by atoms with Crippen LogP contribution in [0.4, 0.5) is 0 Å². The quantitative estimate of drug-likeness (QED) is 0.242. The van der Waals surface area contributed by atoms with E-state index < -0.39 is 6.04 Å². The zero-order valence-electron chi connectivity index (χ0n) is 19.3. The Bertz CT molecular complexity index is 1400. The van der Waals surface area contributed by atoms with Gasteiger partial charge in [0, 0.05) is 32.5 Å². The maximum Gasteiger partial charge on any atom is 0.270 e. The van der Waals surface area contributed by atoms with Crippen LogP contribution < -0.4 is 10.6 Å². The van der Waals surface area contributed by atoms with E-state index in [-0.39, 0.29) is 11.8 Å². The van der Waals surface area contributed by atoms with Gasteiger partial charge in [0.25, 0.3) is 5.91 Å². The number of rotatable bonds is 8. The molecule has 2 amide bonds. The number of carbonyl (C=O) groups is 2. The molecule has 3 aromatic carbocycles. The molecule has 1 unspecified atom stereocenters. The summed E-state index contributed by atoms with van der Waals surface area (Å²) in [6.07, 6.45) is 0.349. The van der Waals surface area contributed by atoms with E-state index >= 15 is 0 Å². The van der Waals surface area contributed by atoms with Crippen molar-refractivity contribution >= 4 is 59.6 Å². The molecule has 0 aliphatic carbocycles. The summed E-state index contributed by atoms with van der Waals surface area (Å²) in [6.45, 7) is 0.392. The van der Waals surface area contributed by atoms with E-state index in [0.717, 1.165) is 30.1 Å². The molecule has 2 N–H and O–H groups in total. The Hall–Kier alpha value is -2.75. The molecule has 1 aromatic heterocycles. The molecule has 9 heteroatoms. The Morgan fingerprint density at radius 2 is 1.56 bits per heavy atom. The molecule has 0 aliphatic rings. The lowest BCUT2D eigenvalue weighted by Crippen LogP contribution is -2.47. The highest BCUT2D eigenvalue weighted by atomic mass is 79.9. The molecule has 4 aromatic rings. The number of nitrogens with one attached hydrogen (secondary N) is 2. The first-order valence-electron chi connectivity index (χ1n) is 11.2. The van der Waals surface area contributed by atoms with Crippen LogP contribution in [0.5, 0.6) is 0 Å². The Kier molecular flexibility index (Phi) is 8.77. The van der Waals surface area contributed by atoms with Gasteiger partial charge in [-0.25, -0.2) is 0 Å². The minimum Gasteiger partial charge on any atom is -0.357 e. The molecule has 0 aliphatic heterocycles. The maximum absolute atomic E-state index is 13.6. The Balaban J connectivity index is 1.68. The maximum atomic E-state index is 13.6. The van der Waals surface area contributed by atoms with Crippen molar-refractivity contribution < 1.29 is 9.59 Å². The minimum absolute atomic E-state index is 0.271. The summed E-state index contributed by atoms with van der Waals surface area (Å²) in [5, 5.41) is 10.3. The summed E-state index contributed by atoms with van der Waals surface area (Å²) in [6, 6.07) is 24.3. The third-order valence-corrected chi connectivity index (χ3v) is 7.26. The summed E-state index contributed by atoms with van der Waals surface area (Å²) in [4.78, 5) is 26.2. The summed E-state index contributed by atoms with van der Waals surface area (Å²) in [5.74, 6) is -0.646. The predicted molar refractivity (Wildman–Crippen MR) is 152 cm³/mol. The van der Waals surface area contributed by atoms with Crippen molar-refractivity contribution in [2.75, 3.05) is 7.05 Å². The molecular formula is C27H23Br3N4O2. The molecule has 0 saturated heterocycles. The van der Waals surface area contributed by atoms with E-state index in [1.807, 2.05) is 72.8 Å². The highest BCUT2D eigenvalue weighted by molar-refractivity contribution is 9.11. The summed E-state index contributed by atoms with van der Waals surface area (Å²) >= 11 is 10.5. The van der Waals surface area contributed by atoms with Crippen LogP contribution in [0.15, 0.2) is 92.3 Å². The average Bonchev–Trinajstić information content (AvgIpc) is 3.27. The van der Waals surface area contributed by atoms with E-state index in [1.54, 1.807) is 17.8 Å². The molecule has 1 heterocycles. The monoisotopic (exact) mass is 672 g/mol. The van der Waals surface area contributed by atoms with E-state index in [0.29, 0.717) is 24.4 Å². The average molecular weight is 675 g/mol. The Morgan fingerprint density at radius 3 is 2.22 bits per heavy atom. The molecule has 4 rings (SSSR count). The zero-order chi connectivity index (χ0) is 25.7. The van der Waals surface area contributed by atoms with Crippen molar-refractivity contribution in [1.29, 1.82) is 0 Å². The molecule has 1 atom stereocenters. The van der Waals surface area contributed by atoms with Crippen molar-refractivity contribution in [1.82, 2.24) is 20.4 Å². The second kappa shape index (κ2) is 12.0. The van der Waals surface area contributed by atoms with Crippen molar-refractivity contribution in [3.63, 3.8) is 0 Å². The van der Waals surface area contributed by atoms with Crippen LogP contribution in [-0.2, 0) is 17.8 Å². The van der Waals surface area contributed by atoms with Crippen LogP contribution in [0, 0.1) is 0 Å². The number of hydrogen-bond donors (Lipinski definition) is 2. The fourth-order valence-electron chi connectivity index (χ4n) is 3.84. The number of halogens is 3. The van der Waals surface area contributed by atoms with Crippen LogP contribution in [0.3, 0.4) is 0 Å². The molecule has 0 spiro atoms. The highest BCUT2D eigenvalue weighted by Gasteiger charge is 2.24. The minimum atomic E-state index is -0.752. The van der Waals surface area contributed by atoms with Gasteiger partial charge in [-0.1, -0.05) is 90.3 Å². The first kappa shape index (κ1) is 26.3. The van der Waals surface area contributed by atoms with Gasteiger partial charge in [-0.2, -0.15) is 5.10 Å². The number of hydrogen-bond acceptors (Lipinski definition) is 3. The van der Waals surface area contributed by atoms with Crippen LogP contribution in [0.1, 0.15) is 21.6 Å². The normalized spacial score (nSPS) is 11.7. The first-order valence-corrected chi connectivity index (χ1v) is 13.6. The molecule has 0 radical (unpaired) electrons. The van der Waals surface area contributed by atoms with Crippen LogP contribution >= 0.6 is 47.8 Å². The van der Waals surface area contributed by atoms with Crippen molar-refractivity contribution in [2.24, 2.45) is 0 Å². The standard InChI is InChI=1S/C27H23Br3N4O2/c1-31-26(35)24(14-17-6-4-8-19(28)12-17)32-27(36)25-15-23(21-10-2-3-11-22(21)30)33-34(25)16-18-7-5-9-20(29)13-18/h2-13,15,24H,14,16H2,1H3,(H,31,35)(H,32,36). The number of nitrogens with zero attached hydrogens (tertiary/aromatic N) is 2. The second-order valence-electron chi connectivity index (χ2n) is 8.16. The Morgan fingerprint density at radius 1 is 0.889 bits per heavy atom. The number of aromatic nitrogens is 2. The van der Waals surface area contributed by atoms with Gasteiger partial charge in [-0.3, -0.25) is 14.3 Å². The van der Waals surface area contributed by atoms with Gasteiger partial charge in [0.2, 0.25) is 5.91 Å². The van der Waals surface area contributed by atoms with Crippen LogP contribution in [-0.4, -0.2) is 34.7 Å². The van der Waals surface area contributed by atoms with Gasteiger partial charge in [-0.05, 0) is 47.5 Å². The fraction of sp³-hybridized carbons (Fsp3) is 0.148. The number of likely N-dealkylation sites (N-methyl/N-ethyl adjacent to an activating group) is 1. The first-order chi connectivity index (χ1) is 17.3. The van der Waals surface area contributed by atoms with Crippen LogP contribution in [0.2, 0.25) is 0 Å². The van der Waals surface area contributed by atoms with Gasteiger partial charge in [0.15, 0.2) is 0 Å². The largest absolute Gasteiger partial charge is 0.357 e. The smallest absolute Gasteiger partial charge is 0.270 e. The van der Waals surface area contributed by atoms with E-state index in [4.69, 9.17) is 5.10 Å². The summed E-state index contributed by atoms with van der Waals surface area (Å²) in [7, 11) is 1.56. The lowest BCUT2D eigenvalue weighted by atomic mass is 10.0. The lowest BCUT2D eigenvalue weighted by Gasteiger charge is -2.18. The molecule has 36 heavy (non-hydrogen) atoms. The van der Waals surface area contributed by atoms with Crippen molar-refractivity contribution in [3.8, 4) is 11.3 Å². The predicted octanol–water partition coefficient (Wildman–Crippen LogP) is 5.97. The van der Waals surface area contributed by atoms with Gasteiger partial charge in [0.05, 0.1) is 12.2 Å². The molecule has 6 nitrogen and oxygen atoms in total. The zero-order valence-corrected chi connectivity index (χ0v) is 24.1. The van der Waals surface area contributed by atoms with Gasteiger partial charge < -0.3 is 10.6 Å². The van der Waals surface area contributed by atoms with E-state index in [2.05, 4.69) is 58.4 Å². The van der Waals surface area contributed by atoms with Crippen molar-refractivity contribution in [2.45, 2.75) is 19.0 Å². The third-order valence-electron chi connectivity index (χ3n) is 5.58. The highest BCUT2D eigenvalue weighted by Crippen LogP contribution is 2.28. The van der Waals surface area contributed by atoms with E-state index in [9.17, 15) is 9.59 Å². The Labute approximate surface area is 234 Å². The molecular weight excluding hydrogens is 652 g/mol. The fourth-order valence-corrected chi connectivity index (χ4v) is 5.23. The third kappa shape index (κ3) is 6.52. The van der Waals surface area contributed by atoms with E-state index in [1.165, 1.54) is 0 Å². The van der Waals surface area contributed by atoms with Crippen LogP contribution in [0.25, 0.3) is 11.3 Å². The molecule has 0 saturated carbocycles. The summed E-state index contributed by atoms with van der Waals surface area (Å²) in [5.41, 5.74) is 3.80. The lowest BCUT2D eigenvalue weighted by molar-refractivity contribution is -0.122. The SMILES string of the molecule is CNC(=O)C(Cc1cccc(Br)c1)NC(=O)c1cc(-c2ccccc2Br)nn1Cc1cccc(Br)c1. The van der Waals surface area contributed by atoms with Gasteiger partial charge in [0.1, 0.15) is 11.7 Å². The van der Waals surface area contributed by atoms with Gasteiger partial charge >= 0.3 is 0 Å². The number of amides is 2. The topological polar surface area (TPSA) is 76.0 Å².